The smallest absolute Gasteiger partial charge is 0.267 e. The number of rotatable bonds is 6. The zero-order valence-electron chi connectivity index (χ0n) is 10.3. The van der Waals surface area contributed by atoms with Crippen molar-refractivity contribution >= 4 is 21.8 Å². The zero-order chi connectivity index (χ0) is 13.0. The summed E-state index contributed by atoms with van der Waals surface area (Å²) in [5.74, 6) is 2.61. The van der Waals surface area contributed by atoms with Gasteiger partial charge in [0.15, 0.2) is 0 Å². The van der Waals surface area contributed by atoms with Gasteiger partial charge in [0.1, 0.15) is 5.69 Å². The van der Waals surface area contributed by atoms with Crippen LogP contribution >= 0.6 is 15.9 Å². The lowest BCUT2D eigenvalue weighted by Gasteiger charge is -2.08. The number of carbonyl (C=O) groups is 1. The summed E-state index contributed by atoms with van der Waals surface area (Å²) in [6, 6.07) is 2.40. The Kier molecular flexibility index (Phi) is 4.48. The number of amides is 1. The van der Waals surface area contributed by atoms with Crippen molar-refractivity contribution < 1.29 is 4.79 Å². The van der Waals surface area contributed by atoms with E-state index in [0.717, 1.165) is 29.4 Å². The van der Waals surface area contributed by atoms with Crippen LogP contribution in [0.15, 0.2) is 16.7 Å². The van der Waals surface area contributed by atoms with Gasteiger partial charge in [-0.15, -0.1) is 12.3 Å². The molecule has 0 radical (unpaired) electrons. The van der Waals surface area contributed by atoms with Crippen LogP contribution in [0.5, 0.6) is 0 Å². The van der Waals surface area contributed by atoms with Crippen LogP contribution in [0.2, 0.25) is 0 Å². The number of unbranched alkanes of at least 4 members (excludes halogenated alkanes) is 2. The van der Waals surface area contributed by atoms with E-state index in [0.29, 0.717) is 12.6 Å². The summed E-state index contributed by atoms with van der Waals surface area (Å²) in [4.78, 5) is 12.1. The SMILES string of the molecule is C#CCCCCNC(=O)c1cc(Br)cn1C1CC1. The Morgan fingerprint density at radius 2 is 2.33 bits per heavy atom. The molecule has 0 spiro atoms. The lowest BCUT2D eigenvalue weighted by atomic mass is 10.2. The summed E-state index contributed by atoms with van der Waals surface area (Å²) in [7, 11) is 0. The van der Waals surface area contributed by atoms with E-state index in [1.54, 1.807) is 0 Å². The van der Waals surface area contributed by atoms with Crippen molar-refractivity contribution in [3.05, 3.63) is 22.4 Å². The quantitative estimate of drug-likeness (QED) is 0.636. The van der Waals surface area contributed by atoms with Crippen LogP contribution < -0.4 is 5.32 Å². The monoisotopic (exact) mass is 308 g/mol. The molecule has 0 saturated heterocycles. The van der Waals surface area contributed by atoms with Gasteiger partial charge in [-0.25, -0.2) is 0 Å². The predicted octanol–water partition coefficient (Wildman–Crippen LogP) is 3.12. The Morgan fingerprint density at radius 1 is 1.56 bits per heavy atom. The van der Waals surface area contributed by atoms with Gasteiger partial charge in [0.2, 0.25) is 0 Å². The normalized spacial score (nSPS) is 14.2. The molecule has 0 unspecified atom stereocenters. The second-order valence-electron chi connectivity index (χ2n) is 4.60. The summed E-state index contributed by atoms with van der Waals surface area (Å²) >= 11 is 3.43. The fourth-order valence-electron chi connectivity index (χ4n) is 1.93. The van der Waals surface area contributed by atoms with E-state index in [1.807, 2.05) is 12.3 Å². The predicted molar refractivity (Wildman–Crippen MR) is 75.4 cm³/mol. The molecule has 1 saturated carbocycles. The summed E-state index contributed by atoms with van der Waals surface area (Å²) in [6.45, 7) is 0.688. The van der Waals surface area contributed by atoms with Crippen molar-refractivity contribution in [3.8, 4) is 12.3 Å². The lowest BCUT2D eigenvalue weighted by molar-refractivity contribution is 0.0943. The van der Waals surface area contributed by atoms with E-state index in [1.165, 1.54) is 12.8 Å². The van der Waals surface area contributed by atoms with Gasteiger partial charge >= 0.3 is 0 Å². The van der Waals surface area contributed by atoms with Gasteiger partial charge in [-0.1, -0.05) is 0 Å². The van der Waals surface area contributed by atoms with Crippen molar-refractivity contribution in [1.82, 2.24) is 9.88 Å². The summed E-state index contributed by atoms with van der Waals surface area (Å²) < 4.78 is 3.03. The first kappa shape index (κ1) is 13.2. The topological polar surface area (TPSA) is 34.0 Å². The fraction of sp³-hybridized carbons (Fsp3) is 0.500. The van der Waals surface area contributed by atoms with E-state index in [9.17, 15) is 4.79 Å². The van der Waals surface area contributed by atoms with E-state index in [4.69, 9.17) is 6.42 Å². The van der Waals surface area contributed by atoms with E-state index in [2.05, 4.69) is 31.7 Å². The number of hydrogen-bond acceptors (Lipinski definition) is 1. The maximum absolute atomic E-state index is 12.1. The highest BCUT2D eigenvalue weighted by molar-refractivity contribution is 9.10. The minimum atomic E-state index is 0.00769. The number of hydrogen-bond donors (Lipinski definition) is 1. The lowest BCUT2D eigenvalue weighted by Crippen LogP contribution is -2.26. The molecule has 0 bridgehead atoms. The third-order valence-corrected chi connectivity index (χ3v) is 3.46. The van der Waals surface area contributed by atoms with Crippen molar-refractivity contribution in [2.75, 3.05) is 6.54 Å². The molecule has 4 heteroatoms. The highest BCUT2D eigenvalue weighted by Gasteiger charge is 2.27. The second-order valence-corrected chi connectivity index (χ2v) is 5.51. The van der Waals surface area contributed by atoms with Gasteiger partial charge in [-0.2, -0.15) is 0 Å². The molecule has 1 aliphatic rings. The number of carbonyl (C=O) groups excluding carboxylic acids is 1. The molecule has 0 atom stereocenters. The van der Waals surface area contributed by atoms with Gasteiger partial charge in [-0.05, 0) is 47.7 Å². The van der Waals surface area contributed by atoms with Crippen molar-refractivity contribution in [2.24, 2.45) is 0 Å². The Hall–Kier alpha value is -1.21. The number of nitrogens with one attached hydrogen (secondary N) is 1. The van der Waals surface area contributed by atoms with Gasteiger partial charge in [0, 0.05) is 29.7 Å². The Bertz CT molecular complexity index is 469. The highest BCUT2D eigenvalue weighted by atomic mass is 79.9. The number of terminal acetylenes is 1. The van der Waals surface area contributed by atoms with Crippen LogP contribution in [0.4, 0.5) is 0 Å². The third kappa shape index (κ3) is 3.39. The summed E-state index contributed by atoms with van der Waals surface area (Å²) in [5.41, 5.74) is 0.751. The maximum Gasteiger partial charge on any atom is 0.267 e. The molecule has 1 heterocycles. The largest absolute Gasteiger partial charge is 0.351 e. The number of halogens is 1. The molecule has 96 valence electrons. The first-order valence-corrected chi connectivity index (χ1v) is 7.10. The molecule has 0 aromatic carbocycles. The highest BCUT2D eigenvalue weighted by Crippen LogP contribution is 2.37. The number of nitrogens with zero attached hydrogens (tertiary/aromatic N) is 1. The van der Waals surface area contributed by atoms with E-state index < -0.39 is 0 Å². The van der Waals surface area contributed by atoms with E-state index in [-0.39, 0.29) is 5.91 Å². The molecule has 1 N–H and O–H groups in total. The Morgan fingerprint density at radius 3 is 3.00 bits per heavy atom. The van der Waals surface area contributed by atoms with Crippen molar-refractivity contribution in [2.45, 2.75) is 38.1 Å². The first-order valence-electron chi connectivity index (χ1n) is 6.31. The number of aromatic nitrogens is 1. The molecule has 18 heavy (non-hydrogen) atoms. The Balaban J connectivity index is 1.86. The molecule has 3 nitrogen and oxygen atoms in total. The molecular weight excluding hydrogens is 292 g/mol. The van der Waals surface area contributed by atoms with Crippen LogP contribution in [0.1, 0.15) is 48.6 Å². The van der Waals surface area contributed by atoms with Crippen molar-refractivity contribution in [1.29, 1.82) is 0 Å². The third-order valence-electron chi connectivity index (χ3n) is 3.02. The maximum atomic E-state index is 12.1. The molecular formula is C14H17BrN2O. The second kappa shape index (κ2) is 6.10. The van der Waals surface area contributed by atoms with Gasteiger partial charge in [0.25, 0.3) is 5.91 Å². The first-order chi connectivity index (χ1) is 8.72. The zero-order valence-corrected chi connectivity index (χ0v) is 11.9. The minimum absolute atomic E-state index is 0.00769. The molecule has 1 aromatic heterocycles. The summed E-state index contributed by atoms with van der Waals surface area (Å²) in [6.07, 6.45) is 12.2. The molecule has 1 aromatic rings. The fourth-order valence-corrected chi connectivity index (χ4v) is 2.36. The molecule has 0 aliphatic heterocycles. The van der Waals surface area contributed by atoms with Crippen LogP contribution in [-0.2, 0) is 0 Å². The summed E-state index contributed by atoms with van der Waals surface area (Å²) in [5, 5.41) is 2.95. The average Bonchev–Trinajstić information content (AvgIpc) is 3.12. The van der Waals surface area contributed by atoms with Gasteiger partial charge in [0.05, 0.1) is 0 Å². The van der Waals surface area contributed by atoms with Crippen LogP contribution in [0, 0.1) is 12.3 Å². The van der Waals surface area contributed by atoms with Crippen LogP contribution in [0.3, 0.4) is 0 Å². The molecule has 1 fully saturated rings. The average molecular weight is 309 g/mol. The van der Waals surface area contributed by atoms with E-state index >= 15 is 0 Å². The molecule has 1 aliphatic carbocycles. The van der Waals surface area contributed by atoms with Crippen molar-refractivity contribution in [3.63, 3.8) is 0 Å². The van der Waals surface area contributed by atoms with Gasteiger partial charge < -0.3 is 9.88 Å². The van der Waals surface area contributed by atoms with Crippen LogP contribution in [0.25, 0.3) is 0 Å². The molecule has 2 rings (SSSR count). The van der Waals surface area contributed by atoms with Crippen LogP contribution in [-0.4, -0.2) is 17.0 Å². The van der Waals surface area contributed by atoms with Gasteiger partial charge in [-0.3, -0.25) is 4.79 Å². The minimum Gasteiger partial charge on any atom is -0.351 e. The standard InChI is InChI=1S/C14H17BrN2O/c1-2-3-4-5-8-16-14(18)13-9-11(15)10-17(13)12-6-7-12/h1,9-10,12H,3-8H2,(H,16,18). The molecule has 1 amide bonds. The Labute approximate surface area is 116 Å².